The largest absolute Gasteiger partial charge is 0.484 e. The van der Waals surface area contributed by atoms with Crippen molar-refractivity contribution < 1.29 is 9.53 Å². The number of halogens is 1. The minimum Gasteiger partial charge on any atom is -0.484 e. The lowest BCUT2D eigenvalue weighted by Crippen LogP contribution is -2.28. The maximum absolute atomic E-state index is 12.5. The van der Waals surface area contributed by atoms with E-state index in [0.717, 1.165) is 17.7 Å². The van der Waals surface area contributed by atoms with E-state index >= 15 is 0 Å². The summed E-state index contributed by atoms with van der Waals surface area (Å²) >= 11 is 0. The Morgan fingerprint density at radius 1 is 0.846 bits per heavy atom. The van der Waals surface area contributed by atoms with Gasteiger partial charge in [-0.2, -0.15) is 0 Å². The molecule has 3 aromatic carbocycles. The highest BCUT2D eigenvalue weighted by molar-refractivity contribution is 6.08. The number of carbonyl (C=O) groups is 1. The highest BCUT2D eigenvalue weighted by Gasteiger charge is 2.31. The van der Waals surface area contributed by atoms with Gasteiger partial charge < -0.3 is 10.5 Å². The molecule has 2 N–H and O–H groups in total. The van der Waals surface area contributed by atoms with Gasteiger partial charge in [-0.15, -0.1) is 12.4 Å². The van der Waals surface area contributed by atoms with Crippen LogP contribution in [0, 0.1) is 0 Å². The minimum atomic E-state index is -0.146. The summed E-state index contributed by atoms with van der Waals surface area (Å²) in [7, 11) is 0. The average Bonchev–Trinajstić information content (AvgIpc) is 2.98. The highest BCUT2D eigenvalue weighted by atomic mass is 35.5. The first kappa shape index (κ1) is 18.2. The quantitative estimate of drug-likeness (QED) is 0.699. The lowest BCUT2D eigenvalue weighted by Gasteiger charge is -2.19. The summed E-state index contributed by atoms with van der Waals surface area (Å²) in [6.07, 6.45) is 0.678. The average molecular weight is 366 g/mol. The Morgan fingerprint density at radius 3 is 2.19 bits per heavy atom. The van der Waals surface area contributed by atoms with Crippen LogP contribution in [0.3, 0.4) is 0 Å². The van der Waals surface area contributed by atoms with E-state index in [-0.39, 0.29) is 30.3 Å². The van der Waals surface area contributed by atoms with Crippen molar-refractivity contribution in [3.63, 3.8) is 0 Å². The zero-order valence-electron chi connectivity index (χ0n) is 14.2. The first-order valence-corrected chi connectivity index (χ1v) is 8.42. The van der Waals surface area contributed by atoms with E-state index in [1.165, 1.54) is 5.56 Å². The molecule has 1 aliphatic carbocycles. The van der Waals surface area contributed by atoms with Crippen LogP contribution in [0.2, 0.25) is 0 Å². The summed E-state index contributed by atoms with van der Waals surface area (Å²) in [4.78, 5) is 12.5. The maximum Gasteiger partial charge on any atom is 0.193 e. The Morgan fingerprint density at radius 2 is 1.46 bits per heavy atom. The van der Waals surface area contributed by atoms with E-state index < -0.39 is 0 Å². The van der Waals surface area contributed by atoms with Gasteiger partial charge in [0, 0.05) is 17.2 Å². The third-order valence-electron chi connectivity index (χ3n) is 4.62. The van der Waals surface area contributed by atoms with Gasteiger partial charge in [-0.25, -0.2) is 0 Å². The van der Waals surface area contributed by atoms with E-state index in [0.29, 0.717) is 11.1 Å². The molecule has 2 unspecified atom stereocenters. The lowest BCUT2D eigenvalue weighted by atomic mass is 10.0. The minimum absolute atomic E-state index is 0. The number of rotatable bonds is 4. The number of hydrogen-bond acceptors (Lipinski definition) is 3. The fourth-order valence-electron chi connectivity index (χ4n) is 3.33. The van der Waals surface area contributed by atoms with Crippen LogP contribution in [0.4, 0.5) is 0 Å². The molecular formula is C22H20ClNO2. The van der Waals surface area contributed by atoms with E-state index in [2.05, 4.69) is 12.1 Å². The van der Waals surface area contributed by atoms with Crippen LogP contribution in [0.15, 0.2) is 78.9 Å². The molecule has 4 heteroatoms. The molecular weight excluding hydrogens is 346 g/mol. The van der Waals surface area contributed by atoms with Gasteiger partial charge in [-0.1, -0.05) is 54.6 Å². The molecule has 0 spiro atoms. The Kier molecular flexibility index (Phi) is 5.40. The van der Waals surface area contributed by atoms with Crippen LogP contribution in [0.5, 0.6) is 5.75 Å². The number of carbonyl (C=O) groups excluding carboxylic acids is 1. The van der Waals surface area contributed by atoms with Crippen molar-refractivity contribution in [1.82, 2.24) is 0 Å². The van der Waals surface area contributed by atoms with Crippen LogP contribution >= 0.6 is 12.4 Å². The van der Waals surface area contributed by atoms with Gasteiger partial charge in [0.25, 0.3) is 0 Å². The third kappa shape index (κ3) is 3.50. The van der Waals surface area contributed by atoms with Crippen molar-refractivity contribution in [3.8, 4) is 5.75 Å². The zero-order valence-corrected chi connectivity index (χ0v) is 15.0. The van der Waals surface area contributed by atoms with Gasteiger partial charge in [-0.05, 0) is 41.8 Å². The number of benzene rings is 3. The van der Waals surface area contributed by atoms with Crippen molar-refractivity contribution in [2.75, 3.05) is 0 Å². The molecule has 0 aromatic heterocycles. The topological polar surface area (TPSA) is 52.3 Å². The molecule has 0 radical (unpaired) electrons. The summed E-state index contributed by atoms with van der Waals surface area (Å²) in [5.41, 5.74) is 9.98. The molecule has 132 valence electrons. The molecule has 0 fully saturated rings. The van der Waals surface area contributed by atoms with Gasteiger partial charge in [0.1, 0.15) is 11.9 Å². The van der Waals surface area contributed by atoms with Crippen molar-refractivity contribution in [2.45, 2.75) is 18.6 Å². The lowest BCUT2D eigenvalue weighted by molar-refractivity contribution is 0.103. The number of ether oxygens (including phenoxy) is 1. The van der Waals surface area contributed by atoms with Crippen LogP contribution in [0.25, 0.3) is 0 Å². The summed E-state index contributed by atoms with van der Waals surface area (Å²) in [5.74, 6) is 0.733. The predicted molar refractivity (Wildman–Crippen MR) is 105 cm³/mol. The number of nitrogens with two attached hydrogens (primary N) is 1. The fourth-order valence-corrected chi connectivity index (χ4v) is 3.33. The molecule has 4 rings (SSSR count). The van der Waals surface area contributed by atoms with E-state index in [1.54, 1.807) is 12.1 Å². The van der Waals surface area contributed by atoms with Crippen LogP contribution in [-0.2, 0) is 6.42 Å². The normalized spacial score (nSPS) is 17.9. The summed E-state index contributed by atoms with van der Waals surface area (Å²) < 4.78 is 6.12. The first-order valence-electron chi connectivity index (χ1n) is 8.42. The van der Waals surface area contributed by atoms with Crippen molar-refractivity contribution in [1.29, 1.82) is 0 Å². The van der Waals surface area contributed by atoms with Crippen LogP contribution < -0.4 is 10.5 Å². The molecule has 0 saturated carbocycles. The Bertz CT molecular complexity index is 894. The number of ketones is 1. The summed E-state index contributed by atoms with van der Waals surface area (Å²) in [5, 5.41) is 0. The predicted octanol–water partition coefficient (Wildman–Crippen LogP) is 4.34. The zero-order chi connectivity index (χ0) is 17.2. The second-order valence-corrected chi connectivity index (χ2v) is 6.32. The summed E-state index contributed by atoms with van der Waals surface area (Å²) in [6.45, 7) is 0. The molecule has 0 bridgehead atoms. The Balaban J connectivity index is 0.00000196. The van der Waals surface area contributed by atoms with Gasteiger partial charge >= 0.3 is 0 Å². The van der Waals surface area contributed by atoms with Crippen molar-refractivity contribution >= 4 is 18.2 Å². The standard InChI is InChI=1S/C22H19NO2.ClH/c23-20-14-17-8-4-5-9-19(17)22(20)25-18-12-10-16(11-13-18)21(24)15-6-2-1-3-7-15;/h1-13,20,22H,14,23H2;1H. The van der Waals surface area contributed by atoms with E-state index in [9.17, 15) is 4.79 Å². The van der Waals surface area contributed by atoms with Gasteiger partial charge in [0.15, 0.2) is 5.78 Å². The van der Waals surface area contributed by atoms with Gasteiger partial charge in [0.05, 0.1) is 0 Å². The molecule has 2 atom stereocenters. The van der Waals surface area contributed by atoms with Crippen LogP contribution in [0.1, 0.15) is 33.2 Å². The van der Waals surface area contributed by atoms with Gasteiger partial charge in [0.2, 0.25) is 0 Å². The number of fused-ring (bicyclic) bond motifs is 1. The number of hydrogen-bond donors (Lipinski definition) is 1. The SMILES string of the molecule is Cl.NC1Cc2ccccc2C1Oc1ccc(C(=O)c2ccccc2)cc1. The molecule has 3 nitrogen and oxygen atoms in total. The fraction of sp³-hybridized carbons (Fsp3) is 0.136. The van der Waals surface area contributed by atoms with Gasteiger partial charge in [-0.3, -0.25) is 4.79 Å². The second-order valence-electron chi connectivity index (χ2n) is 6.32. The molecule has 0 amide bonds. The first-order chi connectivity index (χ1) is 12.2. The second kappa shape index (κ2) is 7.73. The Hall–Kier alpha value is -2.62. The van der Waals surface area contributed by atoms with Crippen molar-refractivity contribution in [3.05, 3.63) is 101 Å². The highest BCUT2D eigenvalue weighted by Crippen LogP contribution is 2.34. The molecule has 1 aliphatic rings. The monoisotopic (exact) mass is 365 g/mol. The Labute approximate surface area is 159 Å². The maximum atomic E-state index is 12.5. The summed E-state index contributed by atoms with van der Waals surface area (Å²) in [6, 6.07) is 24.7. The molecule has 0 aliphatic heterocycles. The molecule has 0 heterocycles. The molecule has 26 heavy (non-hydrogen) atoms. The molecule has 3 aromatic rings. The van der Waals surface area contributed by atoms with E-state index in [4.69, 9.17) is 10.5 Å². The van der Waals surface area contributed by atoms with E-state index in [1.807, 2.05) is 54.6 Å². The van der Waals surface area contributed by atoms with Crippen molar-refractivity contribution in [2.24, 2.45) is 5.73 Å². The van der Waals surface area contributed by atoms with Crippen LogP contribution in [-0.4, -0.2) is 11.8 Å². The molecule has 0 saturated heterocycles. The smallest absolute Gasteiger partial charge is 0.193 e. The third-order valence-corrected chi connectivity index (χ3v) is 4.62.